The first kappa shape index (κ1) is 8.45. The van der Waals surface area contributed by atoms with Crippen molar-refractivity contribution in [2.24, 2.45) is 0 Å². The highest BCUT2D eigenvalue weighted by atomic mass is 32.2. The van der Waals surface area contributed by atoms with Crippen LogP contribution in [-0.2, 0) is 14.3 Å². The Morgan fingerprint density at radius 3 is 2.56 bits per heavy atom. The molecule has 0 atom stereocenters. The fourth-order valence-corrected chi connectivity index (χ4v) is 0.532. The van der Waals surface area contributed by atoms with Gasteiger partial charge in [0.2, 0.25) is 0 Å². The van der Waals surface area contributed by atoms with E-state index < -0.39 is 10.1 Å². The van der Waals surface area contributed by atoms with Crippen molar-refractivity contribution >= 4 is 10.1 Å². The smallest absolute Gasteiger partial charge is 0.264 e. The molecule has 0 unspecified atom stereocenters. The topological polar surface area (TPSA) is 63.6 Å². The molecule has 54 valence electrons. The van der Waals surface area contributed by atoms with Gasteiger partial charge in [0.1, 0.15) is 0 Å². The zero-order valence-corrected chi connectivity index (χ0v) is 5.76. The summed E-state index contributed by atoms with van der Waals surface area (Å²) in [5, 5.41) is 8.01. The zero-order chi connectivity index (χ0) is 7.33. The number of aliphatic hydroxyl groups is 1. The van der Waals surface area contributed by atoms with Gasteiger partial charge < -0.3 is 5.11 Å². The van der Waals surface area contributed by atoms with Crippen LogP contribution < -0.4 is 0 Å². The van der Waals surface area contributed by atoms with E-state index in [-0.39, 0.29) is 6.61 Å². The highest BCUT2D eigenvalue weighted by Gasteiger charge is 1.96. The molecule has 0 fully saturated rings. The van der Waals surface area contributed by atoms with Crippen LogP contribution in [0.25, 0.3) is 0 Å². The molecule has 0 radical (unpaired) electrons. The third kappa shape index (κ3) is 7.45. The number of rotatable bonds is 3. The van der Waals surface area contributed by atoms with E-state index in [2.05, 4.69) is 4.18 Å². The van der Waals surface area contributed by atoms with Gasteiger partial charge in [0, 0.05) is 0 Å². The quantitative estimate of drug-likeness (QED) is 0.458. The molecule has 0 aliphatic carbocycles. The molecule has 0 saturated heterocycles. The van der Waals surface area contributed by atoms with Gasteiger partial charge in [0.25, 0.3) is 10.1 Å². The van der Waals surface area contributed by atoms with Crippen LogP contribution in [0.4, 0.5) is 0 Å². The van der Waals surface area contributed by atoms with Gasteiger partial charge in [-0.25, -0.2) is 0 Å². The molecule has 0 spiro atoms. The SMILES string of the molecule is CS(=O)(=O)OC/C=C/O. The molecule has 0 aromatic carbocycles. The molecule has 4 nitrogen and oxygen atoms in total. The maximum absolute atomic E-state index is 10.2. The molecule has 9 heavy (non-hydrogen) atoms. The molecule has 0 aromatic rings. The van der Waals surface area contributed by atoms with E-state index in [1.807, 2.05) is 0 Å². The molecule has 1 N–H and O–H groups in total. The molecule has 0 rings (SSSR count). The molecule has 0 aromatic heterocycles. The van der Waals surface area contributed by atoms with Crippen molar-refractivity contribution in [1.82, 2.24) is 0 Å². The Bertz CT molecular complexity index is 179. The van der Waals surface area contributed by atoms with Gasteiger partial charge in [-0.3, -0.25) is 4.18 Å². The summed E-state index contributed by atoms with van der Waals surface area (Å²) in [4.78, 5) is 0. The molecular weight excluding hydrogens is 144 g/mol. The first-order chi connectivity index (χ1) is 4.06. The lowest BCUT2D eigenvalue weighted by Crippen LogP contribution is -2.01. The lowest BCUT2D eigenvalue weighted by molar-refractivity contribution is 0.356. The van der Waals surface area contributed by atoms with Crippen LogP contribution in [-0.4, -0.2) is 26.4 Å². The van der Waals surface area contributed by atoms with Crippen molar-refractivity contribution in [3.05, 3.63) is 12.3 Å². The minimum Gasteiger partial charge on any atom is -0.516 e. The maximum Gasteiger partial charge on any atom is 0.264 e. The second-order valence-corrected chi connectivity index (χ2v) is 3.02. The molecule has 0 bridgehead atoms. The van der Waals surface area contributed by atoms with Gasteiger partial charge in [0.05, 0.1) is 19.1 Å². The largest absolute Gasteiger partial charge is 0.516 e. The first-order valence-electron chi connectivity index (χ1n) is 2.20. The van der Waals surface area contributed by atoms with Gasteiger partial charge in [-0.15, -0.1) is 0 Å². The Labute approximate surface area is 53.9 Å². The van der Waals surface area contributed by atoms with Crippen LogP contribution >= 0.6 is 0 Å². The highest BCUT2D eigenvalue weighted by Crippen LogP contribution is 1.85. The summed E-state index contributed by atoms with van der Waals surface area (Å²) in [7, 11) is -3.36. The van der Waals surface area contributed by atoms with Crippen LogP contribution in [0.3, 0.4) is 0 Å². The van der Waals surface area contributed by atoms with Gasteiger partial charge in [-0.2, -0.15) is 8.42 Å². The van der Waals surface area contributed by atoms with E-state index >= 15 is 0 Å². The van der Waals surface area contributed by atoms with E-state index in [0.29, 0.717) is 0 Å². The minimum atomic E-state index is -3.36. The van der Waals surface area contributed by atoms with Crippen molar-refractivity contribution < 1.29 is 17.7 Å². The Morgan fingerprint density at radius 2 is 2.22 bits per heavy atom. The summed E-state index contributed by atoms with van der Waals surface area (Å²) in [6, 6.07) is 0. The van der Waals surface area contributed by atoms with Crippen molar-refractivity contribution in [3.63, 3.8) is 0 Å². The van der Waals surface area contributed by atoms with Gasteiger partial charge >= 0.3 is 0 Å². The molecule has 0 heterocycles. The average molecular weight is 152 g/mol. The first-order valence-corrected chi connectivity index (χ1v) is 4.01. The Kier molecular flexibility index (Phi) is 3.26. The lowest BCUT2D eigenvalue weighted by atomic mass is 10.7. The van der Waals surface area contributed by atoms with E-state index in [0.717, 1.165) is 12.5 Å². The third-order valence-electron chi connectivity index (χ3n) is 0.484. The summed E-state index contributed by atoms with van der Waals surface area (Å²) in [6.45, 7) is -0.116. The standard InChI is InChI=1S/C4H8O4S/c1-9(6,7)8-4-2-3-5/h2-3,5H,4H2,1H3/b3-2+. The van der Waals surface area contributed by atoms with Gasteiger partial charge in [-0.1, -0.05) is 0 Å². The van der Waals surface area contributed by atoms with Crippen LogP contribution in [0.5, 0.6) is 0 Å². The summed E-state index contributed by atoms with van der Waals surface area (Å²) >= 11 is 0. The average Bonchev–Trinajstić information content (AvgIpc) is 1.63. The predicted octanol–water partition coefficient (Wildman–Crippen LogP) is 0.0343. The second kappa shape index (κ2) is 3.47. The van der Waals surface area contributed by atoms with E-state index in [4.69, 9.17) is 5.11 Å². The number of hydrogen-bond donors (Lipinski definition) is 1. The molecule has 0 amide bonds. The summed E-state index contributed by atoms with van der Waals surface area (Å²) in [5.41, 5.74) is 0. The summed E-state index contributed by atoms with van der Waals surface area (Å²) in [6.07, 6.45) is 2.85. The fraction of sp³-hybridized carbons (Fsp3) is 0.500. The highest BCUT2D eigenvalue weighted by molar-refractivity contribution is 7.85. The van der Waals surface area contributed by atoms with Crippen LogP contribution in [0.15, 0.2) is 12.3 Å². The Balaban J connectivity index is 3.53. The van der Waals surface area contributed by atoms with Crippen LogP contribution in [0, 0.1) is 0 Å². The van der Waals surface area contributed by atoms with Crippen LogP contribution in [0.2, 0.25) is 0 Å². The normalized spacial score (nSPS) is 12.6. The second-order valence-electron chi connectivity index (χ2n) is 1.37. The molecule has 0 saturated carbocycles. The minimum absolute atomic E-state index is 0.116. The third-order valence-corrected chi connectivity index (χ3v) is 1.05. The van der Waals surface area contributed by atoms with E-state index in [1.165, 1.54) is 6.08 Å². The molecular formula is C4H8O4S. The van der Waals surface area contributed by atoms with Crippen molar-refractivity contribution in [2.75, 3.05) is 12.9 Å². The Morgan fingerprint density at radius 1 is 1.67 bits per heavy atom. The van der Waals surface area contributed by atoms with Crippen molar-refractivity contribution in [3.8, 4) is 0 Å². The maximum atomic E-state index is 10.2. The monoisotopic (exact) mass is 152 g/mol. The fourth-order valence-electron chi connectivity index (χ4n) is 0.206. The number of hydrogen-bond acceptors (Lipinski definition) is 4. The Hall–Kier alpha value is -0.550. The van der Waals surface area contributed by atoms with Gasteiger partial charge in [-0.05, 0) is 6.08 Å². The van der Waals surface area contributed by atoms with E-state index in [9.17, 15) is 8.42 Å². The molecule has 0 aliphatic rings. The summed E-state index contributed by atoms with van der Waals surface area (Å²) < 4.78 is 24.5. The van der Waals surface area contributed by atoms with E-state index in [1.54, 1.807) is 0 Å². The molecule has 0 aliphatic heterocycles. The lowest BCUT2D eigenvalue weighted by Gasteiger charge is -1.92. The van der Waals surface area contributed by atoms with Crippen LogP contribution in [0.1, 0.15) is 0 Å². The summed E-state index contributed by atoms with van der Waals surface area (Å²) in [5.74, 6) is 0. The predicted molar refractivity (Wildman–Crippen MR) is 32.6 cm³/mol. The molecule has 5 heteroatoms. The zero-order valence-electron chi connectivity index (χ0n) is 4.94. The van der Waals surface area contributed by atoms with Gasteiger partial charge in [0.15, 0.2) is 0 Å². The number of aliphatic hydroxyl groups excluding tert-OH is 1. The van der Waals surface area contributed by atoms with Crippen molar-refractivity contribution in [2.45, 2.75) is 0 Å². The van der Waals surface area contributed by atoms with Crippen molar-refractivity contribution in [1.29, 1.82) is 0 Å².